The van der Waals surface area contributed by atoms with Crippen LogP contribution >= 0.6 is 0 Å². The maximum Gasteiger partial charge on any atom is 0.165 e. The Balaban J connectivity index is 2.01. The van der Waals surface area contributed by atoms with Crippen molar-refractivity contribution >= 4 is 0 Å². The third-order valence-corrected chi connectivity index (χ3v) is 3.44. The van der Waals surface area contributed by atoms with Crippen LogP contribution in [0.1, 0.15) is 31.4 Å². The van der Waals surface area contributed by atoms with Crippen molar-refractivity contribution < 1.29 is 9.13 Å². The van der Waals surface area contributed by atoms with Crippen LogP contribution in [0, 0.1) is 5.82 Å². The van der Waals surface area contributed by atoms with E-state index in [4.69, 9.17) is 10.5 Å². The number of ether oxygens (including phenoxy) is 1. The largest absolute Gasteiger partial charge is 0.487 e. The molecule has 0 aromatic heterocycles. The second-order valence-corrected chi connectivity index (χ2v) is 5.10. The Morgan fingerprint density at radius 3 is 2.61 bits per heavy atom. The lowest BCUT2D eigenvalue weighted by molar-refractivity contribution is 0.110. The van der Waals surface area contributed by atoms with Crippen molar-refractivity contribution in [3.05, 3.63) is 29.6 Å². The molecule has 0 radical (unpaired) electrons. The Labute approximate surface area is 108 Å². The van der Waals surface area contributed by atoms with Crippen LogP contribution in [0.4, 0.5) is 4.39 Å². The highest BCUT2D eigenvalue weighted by Crippen LogP contribution is 2.24. The average molecular weight is 252 g/mol. The number of rotatable bonds is 3. The highest BCUT2D eigenvalue weighted by atomic mass is 19.1. The number of halogens is 1. The van der Waals surface area contributed by atoms with E-state index in [1.807, 2.05) is 13.0 Å². The van der Waals surface area contributed by atoms with Gasteiger partial charge in [-0.2, -0.15) is 0 Å². The summed E-state index contributed by atoms with van der Waals surface area (Å²) in [6.45, 7) is 3.85. The Kier molecular flexibility index (Phi) is 4.19. The maximum atomic E-state index is 13.9. The predicted molar refractivity (Wildman–Crippen MR) is 70.1 cm³/mol. The Morgan fingerprint density at radius 1 is 1.39 bits per heavy atom. The Bertz CT molecular complexity index is 401. The quantitative estimate of drug-likeness (QED) is 0.897. The Hall–Kier alpha value is -1.13. The SMILES string of the molecule is C[C@@H](N)c1ccc(OC2CCN(C)CC2)c(F)c1. The van der Waals surface area contributed by atoms with Crippen LogP contribution in [0.5, 0.6) is 5.75 Å². The molecule has 1 heterocycles. The van der Waals surface area contributed by atoms with E-state index >= 15 is 0 Å². The van der Waals surface area contributed by atoms with Gasteiger partial charge >= 0.3 is 0 Å². The second kappa shape index (κ2) is 5.67. The third kappa shape index (κ3) is 3.21. The predicted octanol–water partition coefficient (Wildman–Crippen LogP) is 2.32. The molecule has 1 aliphatic rings. The van der Waals surface area contributed by atoms with Gasteiger partial charge in [0.15, 0.2) is 11.6 Å². The van der Waals surface area contributed by atoms with Gasteiger partial charge in [-0.05, 0) is 44.5 Å². The molecule has 2 N–H and O–H groups in total. The summed E-state index contributed by atoms with van der Waals surface area (Å²) in [5.74, 6) is 0.0256. The minimum atomic E-state index is -0.316. The first kappa shape index (κ1) is 13.3. The first-order chi connectivity index (χ1) is 8.56. The van der Waals surface area contributed by atoms with Crippen LogP contribution in [-0.2, 0) is 0 Å². The highest BCUT2D eigenvalue weighted by molar-refractivity contribution is 5.30. The summed E-state index contributed by atoms with van der Waals surface area (Å²) in [5, 5.41) is 0. The van der Waals surface area contributed by atoms with Crippen molar-refractivity contribution in [1.29, 1.82) is 0 Å². The van der Waals surface area contributed by atoms with E-state index in [2.05, 4.69) is 11.9 Å². The van der Waals surface area contributed by atoms with Crippen LogP contribution in [0.25, 0.3) is 0 Å². The van der Waals surface area contributed by atoms with Crippen LogP contribution in [0.2, 0.25) is 0 Å². The molecule has 100 valence electrons. The van der Waals surface area contributed by atoms with Crippen molar-refractivity contribution in [3.8, 4) is 5.75 Å². The van der Waals surface area contributed by atoms with Gasteiger partial charge in [-0.1, -0.05) is 6.07 Å². The molecule has 0 aliphatic carbocycles. The van der Waals surface area contributed by atoms with Crippen LogP contribution in [0.3, 0.4) is 0 Å². The van der Waals surface area contributed by atoms with E-state index in [1.165, 1.54) is 6.07 Å². The molecule has 1 aliphatic heterocycles. The fraction of sp³-hybridized carbons (Fsp3) is 0.571. The molecule has 3 nitrogen and oxygen atoms in total. The minimum Gasteiger partial charge on any atom is -0.487 e. The van der Waals surface area contributed by atoms with Crippen molar-refractivity contribution in [2.24, 2.45) is 5.73 Å². The molecule has 1 fully saturated rings. The normalized spacial score (nSPS) is 19.8. The van der Waals surface area contributed by atoms with Gasteiger partial charge in [0, 0.05) is 19.1 Å². The van der Waals surface area contributed by atoms with Gasteiger partial charge in [-0.3, -0.25) is 0 Å². The summed E-state index contributed by atoms with van der Waals surface area (Å²) in [5.41, 5.74) is 6.51. The molecule has 1 saturated heterocycles. The van der Waals surface area contributed by atoms with Crippen molar-refractivity contribution in [1.82, 2.24) is 4.90 Å². The summed E-state index contributed by atoms with van der Waals surface area (Å²) in [6, 6.07) is 4.83. The number of hydrogen-bond acceptors (Lipinski definition) is 3. The number of piperidine rings is 1. The molecule has 2 rings (SSSR count). The van der Waals surface area contributed by atoms with Gasteiger partial charge < -0.3 is 15.4 Å². The van der Waals surface area contributed by atoms with Gasteiger partial charge in [-0.15, -0.1) is 0 Å². The Morgan fingerprint density at radius 2 is 2.06 bits per heavy atom. The lowest BCUT2D eigenvalue weighted by atomic mass is 10.1. The molecule has 1 aromatic carbocycles. The summed E-state index contributed by atoms with van der Waals surface area (Å²) in [6.07, 6.45) is 2.02. The van der Waals surface area contributed by atoms with Gasteiger partial charge in [-0.25, -0.2) is 4.39 Å². The standard InChI is InChI=1S/C14H21FN2O/c1-10(16)11-3-4-14(13(15)9-11)18-12-5-7-17(2)8-6-12/h3-4,9-10,12H,5-8,16H2,1-2H3/t10-/m1/s1. The first-order valence-electron chi connectivity index (χ1n) is 6.46. The topological polar surface area (TPSA) is 38.5 Å². The van der Waals surface area contributed by atoms with E-state index in [-0.39, 0.29) is 18.0 Å². The molecular formula is C14H21FN2O. The molecule has 0 saturated carbocycles. The van der Waals surface area contributed by atoms with Crippen molar-refractivity contribution in [2.45, 2.75) is 31.9 Å². The first-order valence-corrected chi connectivity index (χ1v) is 6.46. The highest BCUT2D eigenvalue weighted by Gasteiger charge is 2.19. The molecule has 0 spiro atoms. The molecule has 18 heavy (non-hydrogen) atoms. The van der Waals surface area contributed by atoms with E-state index in [0.717, 1.165) is 31.5 Å². The number of nitrogens with two attached hydrogens (primary N) is 1. The molecule has 1 atom stereocenters. The lowest BCUT2D eigenvalue weighted by Crippen LogP contribution is -2.35. The van der Waals surface area contributed by atoms with E-state index in [0.29, 0.717) is 5.75 Å². The number of hydrogen-bond donors (Lipinski definition) is 1. The zero-order valence-electron chi connectivity index (χ0n) is 11.0. The second-order valence-electron chi connectivity index (χ2n) is 5.10. The monoisotopic (exact) mass is 252 g/mol. The molecule has 0 bridgehead atoms. The van der Waals surface area contributed by atoms with Gasteiger partial charge in [0.25, 0.3) is 0 Å². The lowest BCUT2D eigenvalue weighted by Gasteiger charge is -2.29. The molecule has 0 amide bonds. The van der Waals surface area contributed by atoms with E-state index < -0.39 is 0 Å². The summed E-state index contributed by atoms with van der Waals surface area (Å²) >= 11 is 0. The molecule has 4 heteroatoms. The fourth-order valence-electron chi connectivity index (χ4n) is 2.18. The van der Waals surface area contributed by atoms with Crippen LogP contribution in [-0.4, -0.2) is 31.1 Å². The van der Waals surface area contributed by atoms with Gasteiger partial charge in [0.1, 0.15) is 6.10 Å². The average Bonchev–Trinajstić information content (AvgIpc) is 2.34. The maximum absolute atomic E-state index is 13.9. The summed E-state index contributed by atoms with van der Waals surface area (Å²) < 4.78 is 19.6. The zero-order chi connectivity index (χ0) is 13.1. The van der Waals surface area contributed by atoms with Crippen molar-refractivity contribution in [3.63, 3.8) is 0 Å². The molecule has 1 aromatic rings. The van der Waals surface area contributed by atoms with Crippen molar-refractivity contribution in [2.75, 3.05) is 20.1 Å². The number of benzene rings is 1. The van der Waals surface area contributed by atoms with Gasteiger partial charge in [0.2, 0.25) is 0 Å². The smallest absolute Gasteiger partial charge is 0.165 e. The van der Waals surface area contributed by atoms with E-state index in [9.17, 15) is 4.39 Å². The number of nitrogens with zero attached hydrogens (tertiary/aromatic N) is 1. The van der Waals surface area contributed by atoms with Gasteiger partial charge in [0.05, 0.1) is 0 Å². The molecule has 0 unspecified atom stereocenters. The molecular weight excluding hydrogens is 231 g/mol. The fourth-order valence-corrected chi connectivity index (χ4v) is 2.18. The summed E-state index contributed by atoms with van der Waals surface area (Å²) in [7, 11) is 2.09. The van der Waals surface area contributed by atoms with Crippen LogP contribution < -0.4 is 10.5 Å². The third-order valence-electron chi connectivity index (χ3n) is 3.44. The van der Waals surface area contributed by atoms with E-state index in [1.54, 1.807) is 6.07 Å². The zero-order valence-corrected chi connectivity index (χ0v) is 11.0. The summed E-state index contributed by atoms with van der Waals surface area (Å²) in [4.78, 5) is 2.26. The minimum absolute atomic E-state index is 0.122. The van der Waals surface area contributed by atoms with Crippen LogP contribution in [0.15, 0.2) is 18.2 Å². The number of likely N-dealkylation sites (tertiary alicyclic amines) is 1.